The third-order valence-corrected chi connectivity index (χ3v) is 3.68. The minimum Gasteiger partial charge on any atom is -0.487 e. The van der Waals surface area contributed by atoms with E-state index in [1.807, 2.05) is 48.1 Å². The zero-order chi connectivity index (χ0) is 14.8. The van der Waals surface area contributed by atoms with Crippen LogP contribution in [-0.2, 0) is 20.2 Å². The van der Waals surface area contributed by atoms with Gasteiger partial charge in [0.15, 0.2) is 0 Å². The van der Waals surface area contributed by atoms with Crippen molar-refractivity contribution in [3.8, 4) is 5.75 Å². The maximum Gasteiger partial charge on any atom is 0.133 e. The topological polar surface area (TPSA) is 53.1 Å². The lowest BCUT2D eigenvalue weighted by Crippen LogP contribution is -2.03. The normalized spacial score (nSPS) is 11.0. The second-order valence-corrected chi connectivity index (χ2v) is 5.27. The third kappa shape index (κ3) is 2.73. The van der Waals surface area contributed by atoms with E-state index in [9.17, 15) is 0 Å². The van der Waals surface area contributed by atoms with E-state index >= 15 is 0 Å². The largest absolute Gasteiger partial charge is 0.487 e. The van der Waals surface area contributed by atoms with Gasteiger partial charge in [0.05, 0.1) is 5.52 Å². The van der Waals surface area contributed by atoms with E-state index < -0.39 is 0 Å². The molecule has 0 saturated carbocycles. The van der Waals surface area contributed by atoms with Gasteiger partial charge in [-0.3, -0.25) is 4.68 Å². The van der Waals surface area contributed by atoms with Crippen molar-refractivity contribution in [3.05, 3.63) is 58.7 Å². The van der Waals surface area contributed by atoms with Gasteiger partial charge in [-0.25, -0.2) is 0 Å². The Morgan fingerprint density at radius 1 is 1.24 bits per heavy atom. The van der Waals surface area contributed by atoms with E-state index in [4.69, 9.17) is 22.1 Å². The number of ether oxygens (including phenoxy) is 1. The van der Waals surface area contributed by atoms with Gasteiger partial charge in [0.2, 0.25) is 0 Å². The van der Waals surface area contributed by atoms with Gasteiger partial charge in [-0.1, -0.05) is 35.9 Å². The quantitative estimate of drug-likeness (QED) is 0.804. The Labute approximate surface area is 128 Å². The molecular formula is C16H16ClN3O. The highest BCUT2D eigenvalue weighted by atomic mass is 35.5. The van der Waals surface area contributed by atoms with Crippen molar-refractivity contribution >= 4 is 22.5 Å². The molecule has 0 aliphatic rings. The summed E-state index contributed by atoms with van der Waals surface area (Å²) in [5.41, 5.74) is 8.64. The molecule has 2 aromatic carbocycles. The van der Waals surface area contributed by atoms with Crippen LogP contribution in [0.1, 0.15) is 11.3 Å². The molecular weight excluding hydrogens is 286 g/mol. The van der Waals surface area contributed by atoms with Crippen molar-refractivity contribution in [1.29, 1.82) is 0 Å². The van der Waals surface area contributed by atoms with Crippen LogP contribution in [0.25, 0.3) is 10.9 Å². The molecule has 0 spiro atoms. The third-order valence-electron chi connectivity index (χ3n) is 3.45. The lowest BCUT2D eigenvalue weighted by atomic mass is 10.2. The summed E-state index contributed by atoms with van der Waals surface area (Å²) >= 11 is 6.01. The minimum absolute atomic E-state index is 0.384. The number of hydrogen-bond acceptors (Lipinski definition) is 3. The van der Waals surface area contributed by atoms with Crippen LogP contribution in [0, 0.1) is 0 Å². The van der Waals surface area contributed by atoms with Gasteiger partial charge in [0, 0.05) is 29.6 Å². The van der Waals surface area contributed by atoms with Crippen molar-refractivity contribution < 1.29 is 4.74 Å². The Kier molecular flexibility index (Phi) is 3.82. The highest BCUT2D eigenvalue weighted by Gasteiger charge is 2.10. The standard InChI is InChI=1S/C16H16ClN3O/c1-20-15-5-3-2-4-13(15)14(19-20)10-21-16-8-12(17)7-6-11(16)9-18/h2-8H,9-10,18H2,1H3. The Morgan fingerprint density at radius 3 is 2.86 bits per heavy atom. The maximum atomic E-state index is 6.01. The molecule has 0 bridgehead atoms. The number of rotatable bonds is 4. The molecule has 5 heteroatoms. The van der Waals surface area contributed by atoms with Crippen molar-refractivity contribution in [2.45, 2.75) is 13.2 Å². The fourth-order valence-electron chi connectivity index (χ4n) is 2.37. The molecule has 0 atom stereocenters. The summed E-state index contributed by atoms with van der Waals surface area (Å²) in [6, 6.07) is 13.6. The summed E-state index contributed by atoms with van der Waals surface area (Å²) in [4.78, 5) is 0. The number of para-hydroxylation sites is 1. The summed E-state index contributed by atoms with van der Waals surface area (Å²) in [5.74, 6) is 0.708. The van der Waals surface area contributed by atoms with Gasteiger partial charge in [0.1, 0.15) is 18.1 Å². The smallest absolute Gasteiger partial charge is 0.133 e. The van der Waals surface area contributed by atoms with Crippen LogP contribution < -0.4 is 10.5 Å². The molecule has 0 amide bonds. The molecule has 0 aliphatic carbocycles. The Hall–Kier alpha value is -2.04. The van der Waals surface area contributed by atoms with Crippen LogP contribution in [0.15, 0.2) is 42.5 Å². The molecule has 1 heterocycles. The number of aromatic nitrogens is 2. The number of hydrogen-bond donors (Lipinski definition) is 1. The molecule has 0 unspecified atom stereocenters. The van der Waals surface area contributed by atoms with E-state index in [1.165, 1.54) is 0 Å². The van der Waals surface area contributed by atoms with E-state index in [0.29, 0.717) is 23.9 Å². The van der Waals surface area contributed by atoms with Crippen LogP contribution in [0.2, 0.25) is 5.02 Å². The zero-order valence-electron chi connectivity index (χ0n) is 11.7. The average molecular weight is 302 g/mol. The van der Waals surface area contributed by atoms with Gasteiger partial charge >= 0.3 is 0 Å². The molecule has 0 aliphatic heterocycles. The zero-order valence-corrected chi connectivity index (χ0v) is 12.5. The van der Waals surface area contributed by atoms with Crippen molar-refractivity contribution in [3.63, 3.8) is 0 Å². The van der Waals surface area contributed by atoms with Crippen LogP contribution in [0.4, 0.5) is 0 Å². The molecule has 0 radical (unpaired) electrons. The average Bonchev–Trinajstić information content (AvgIpc) is 2.82. The predicted octanol–water partition coefficient (Wildman–Crippen LogP) is 3.26. The molecule has 108 valence electrons. The van der Waals surface area contributed by atoms with Crippen LogP contribution >= 0.6 is 11.6 Å². The summed E-state index contributed by atoms with van der Waals surface area (Å²) < 4.78 is 7.73. The monoisotopic (exact) mass is 301 g/mol. The summed E-state index contributed by atoms with van der Waals surface area (Å²) in [6.45, 7) is 0.796. The van der Waals surface area contributed by atoms with Crippen LogP contribution in [0.5, 0.6) is 5.75 Å². The second kappa shape index (κ2) is 5.76. The fraction of sp³-hybridized carbons (Fsp3) is 0.188. The molecule has 0 fully saturated rings. The Morgan fingerprint density at radius 2 is 2.05 bits per heavy atom. The molecule has 2 N–H and O–H groups in total. The molecule has 3 rings (SSSR count). The van der Waals surface area contributed by atoms with Gasteiger partial charge in [-0.15, -0.1) is 0 Å². The van der Waals surface area contributed by atoms with Crippen molar-refractivity contribution in [1.82, 2.24) is 9.78 Å². The van der Waals surface area contributed by atoms with Crippen molar-refractivity contribution in [2.24, 2.45) is 12.8 Å². The van der Waals surface area contributed by atoms with Gasteiger partial charge in [-0.05, 0) is 18.2 Å². The highest BCUT2D eigenvalue weighted by molar-refractivity contribution is 6.30. The minimum atomic E-state index is 0.384. The first-order valence-electron chi connectivity index (χ1n) is 6.71. The van der Waals surface area contributed by atoms with Crippen molar-refractivity contribution in [2.75, 3.05) is 0 Å². The molecule has 4 nitrogen and oxygen atoms in total. The van der Waals surface area contributed by atoms with E-state index in [1.54, 1.807) is 6.07 Å². The molecule has 3 aromatic rings. The lowest BCUT2D eigenvalue weighted by Gasteiger charge is -2.09. The van der Waals surface area contributed by atoms with Crippen LogP contribution in [0.3, 0.4) is 0 Å². The first-order valence-corrected chi connectivity index (χ1v) is 7.08. The number of nitrogens with two attached hydrogens (primary N) is 1. The van der Waals surface area contributed by atoms with Gasteiger partial charge in [-0.2, -0.15) is 5.10 Å². The first kappa shape index (κ1) is 13.9. The summed E-state index contributed by atoms with van der Waals surface area (Å²) in [7, 11) is 1.93. The van der Waals surface area contributed by atoms with Crippen LogP contribution in [-0.4, -0.2) is 9.78 Å². The molecule has 1 aromatic heterocycles. The van der Waals surface area contributed by atoms with Gasteiger partial charge in [0.25, 0.3) is 0 Å². The number of nitrogens with zero attached hydrogens (tertiary/aromatic N) is 2. The van der Waals surface area contributed by atoms with E-state index in [0.717, 1.165) is 22.2 Å². The first-order chi connectivity index (χ1) is 10.2. The highest BCUT2D eigenvalue weighted by Crippen LogP contribution is 2.25. The number of aryl methyl sites for hydroxylation is 1. The fourth-order valence-corrected chi connectivity index (χ4v) is 2.53. The summed E-state index contributed by atoms with van der Waals surface area (Å²) in [5, 5.41) is 6.24. The Bertz CT molecular complexity index is 782. The maximum absolute atomic E-state index is 6.01. The molecule has 21 heavy (non-hydrogen) atoms. The number of halogens is 1. The Balaban J connectivity index is 1.89. The SMILES string of the molecule is Cn1nc(COc2cc(Cl)ccc2CN)c2ccccc21. The summed E-state index contributed by atoms with van der Waals surface area (Å²) in [6.07, 6.45) is 0. The lowest BCUT2D eigenvalue weighted by molar-refractivity contribution is 0.298. The predicted molar refractivity (Wildman–Crippen MR) is 84.4 cm³/mol. The number of fused-ring (bicyclic) bond motifs is 1. The second-order valence-electron chi connectivity index (χ2n) is 4.83. The van der Waals surface area contributed by atoms with E-state index in [2.05, 4.69) is 5.10 Å². The number of benzene rings is 2. The van der Waals surface area contributed by atoms with E-state index in [-0.39, 0.29) is 0 Å². The van der Waals surface area contributed by atoms with Gasteiger partial charge < -0.3 is 10.5 Å². The molecule has 0 saturated heterocycles.